The van der Waals surface area contributed by atoms with Crippen LogP contribution >= 0.6 is 0 Å². The van der Waals surface area contributed by atoms with Gasteiger partial charge in [-0.05, 0) is 0 Å². The van der Waals surface area contributed by atoms with Crippen molar-refractivity contribution in [1.82, 2.24) is 0 Å². The van der Waals surface area contributed by atoms with E-state index in [4.69, 9.17) is 20.4 Å². The fourth-order valence-corrected chi connectivity index (χ4v) is 1.06. The molecule has 5 atom stereocenters. The normalized spacial score (nSPS) is 49.2. The summed E-state index contributed by atoms with van der Waals surface area (Å²) >= 11 is 0. The molecule has 0 bridgehead atoms. The Balaban J connectivity index is 2.63. The number of hydrogen-bond donors (Lipinski definition) is 4. The molecule has 0 spiro atoms. The summed E-state index contributed by atoms with van der Waals surface area (Å²) < 4.78 is 16.5. The molecule has 0 aliphatic carbocycles. The van der Waals surface area contributed by atoms with E-state index in [1.165, 1.54) is 0 Å². The van der Waals surface area contributed by atoms with Gasteiger partial charge in [-0.3, -0.25) is 0 Å². The summed E-state index contributed by atoms with van der Waals surface area (Å²) in [6.07, 6.45) is -7.60. The first-order valence-corrected chi connectivity index (χ1v) is 3.51. The minimum atomic E-state index is -1.65. The molecule has 1 heterocycles. The predicted molar refractivity (Wildman–Crippen MR) is 34.9 cm³/mol. The fourth-order valence-electron chi connectivity index (χ4n) is 1.06. The van der Waals surface area contributed by atoms with Crippen LogP contribution in [0, 0.1) is 0 Å². The quantitative estimate of drug-likeness (QED) is 0.368. The highest BCUT2D eigenvalue weighted by Crippen LogP contribution is 2.19. The lowest BCUT2D eigenvalue weighted by molar-refractivity contribution is -0.283. The second-order valence-corrected chi connectivity index (χ2v) is 2.69. The summed E-state index contributed by atoms with van der Waals surface area (Å²) in [6.45, 7) is -1.03. The first-order chi connectivity index (χ1) is 5.57. The number of rotatable bonds is 1. The molecule has 1 saturated heterocycles. The Morgan fingerprint density at radius 3 is 2.08 bits per heavy atom. The Morgan fingerprint density at radius 2 is 1.58 bits per heavy atom. The summed E-state index contributed by atoms with van der Waals surface area (Å²) in [5.74, 6) is 0. The van der Waals surface area contributed by atoms with Crippen LogP contribution in [-0.4, -0.2) is 57.8 Å². The lowest BCUT2D eigenvalue weighted by Gasteiger charge is -2.37. The Hall–Kier alpha value is -0.270. The standard InChI is InChI=1S/C6H11FO5/c7-1-2-3(8)4(9)5(10)6(11)12-2/h2-6,8-11H,1H2/t2-,3+,4+,5?,6?/m1/s1. The Morgan fingerprint density at radius 1 is 1.00 bits per heavy atom. The van der Waals surface area contributed by atoms with Gasteiger partial charge in [0.2, 0.25) is 0 Å². The molecule has 1 rings (SSSR count). The number of alkyl halides is 1. The van der Waals surface area contributed by atoms with Crippen molar-refractivity contribution in [2.45, 2.75) is 30.7 Å². The van der Waals surface area contributed by atoms with E-state index < -0.39 is 37.4 Å². The van der Waals surface area contributed by atoms with E-state index >= 15 is 0 Å². The molecular formula is C6H11FO5. The highest BCUT2D eigenvalue weighted by molar-refractivity contribution is 4.88. The maximum absolute atomic E-state index is 12.0. The molecule has 4 N–H and O–H groups in total. The zero-order chi connectivity index (χ0) is 9.30. The Kier molecular flexibility index (Phi) is 2.97. The van der Waals surface area contributed by atoms with Crippen LogP contribution in [0.25, 0.3) is 0 Å². The van der Waals surface area contributed by atoms with E-state index in [9.17, 15) is 4.39 Å². The van der Waals surface area contributed by atoms with Crippen LogP contribution in [0.5, 0.6) is 0 Å². The predicted octanol–water partition coefficient (Wildman–Crippen LogP) is -2.24. The van der Waals surface area contributed by atoms with Gasteiger partial charge in [-0.2, -0.15) is 0 Å². The third-order valence-electron chi connectivity index (χ3n) is 1.84. The van der Waals surface area contributed by atoms with Gasteiger partial charge in [-0.1, -0.05) is 0 Å². The highest BCUT2D eigenvalue weighted by atomic mass is 19.1. The zero-order valence-corrected chi connectivity index (χ0v) is 6.17. The van der Waals surface area contributed by atoms with Crippen LogP contribution in [0.3, 0.4) is 0 Å². The molecule has 1 aliphatic heterocycles. The van der Waals surface area contributed by atoms with Gasteiger partial charge in [0.1, 0.15) is 31.1 Å². The summed E-state index contributed by atoms with van der Waals surface area (Å²) in [4.78, 5) is 0. The van der Waals surface area contributed by atoms with Crippen molar-refractivity contribution in [3.05, 3.63) is 0 Å². The molecule has 0 amide bonds. The van der Waals surface area contributed by atoms with Gasteiger partial charge in [-0.15, -0.1) is 0 Å². The molecule has 72 valence electrons. The third-order valence-corrected chi connectivity index (χ3v) is 1.84. The molecule has 0 saturated carbocycles. The van der Waals surface area contributed by atoms with Crippen molar-refractivity contribution in [3.63, 3.8) is 0 Å². The smallest absolute Gasteiger partial charge is 0.184 e. The largest absolute Gasteiger partial charge is 0.387 e. The third kappa shape index (κ3) is 1.57. The van der Waals surface area contributed by atoms with Gasteiger partial charge in [0.25, 0.3) is 0 Å². The molecule has 1 aliphatic rings. The van der Waals surface area contributed by atoms with E-state index in [0.717, 1.165) is 0 Å². The van der Waals surface area contributed by atoms with Crippen LogP contribution < -0.4 is 0 Å². The second-order valence-electron chi connectivity index (χ2n) is 2.69. The fraction of sp³-hybridized carbons (Fsp3) is 1.00. The summed E-state index contributed by atoms with van der Waals surface area (Å²) in [5.41, 5.74) is 0. The molecule has 0 radical (unpaired) electrons. The van der Waals surface area contributed by atoms with Gasteiger partial charge in [0, 0.05) is 0 Å². The van der Waals surface area contributed by atoms with E-state index in [1.54, 1.807) is 0 Å². The lowest BCUT2D eigenvalue weighted by atomic mass is 10.00. The maximum Gasteiger partial charge on any atom is 0.184 e. The van der Waals surface area contributed by atoms with Crippen molar-refractivity contribution in [2.75, 3.05) is 6.67 Å². The van der Waals surface area contributed by atoms with E-state index in [-0.39, 0.29) is 0 Å². The molecule has 0 aromatic carbocycles. The minimum absolute atomic E-state index is 1.03. The van der Waals surface area contributed by atoms with Gasteiger partial charge >= 0.3 is 0 Å². The first-order valence-electron chi connectivity index (χ1n) is 3.51. The monoisotopic (exact) mass is 182 g/mol. The van der Waals surface area contributed by atoms with Gasteiger partial charge in [0.15, 0.2) is 6.29 Å². The van der Waals surface area contributed by atoms with Gasteiger partial charge in [-0.25, -0.2) is 4.39 Å². The molecule has 12 heavy (non-hydrogen) atoms. The molecule has 1 fully saturated rings. The van der Waals surface area contributed by atoms with Crippen LogP contribution in [0.1, 0.15) is 0 Å². The van der Waals surface area contributed by atoms with Gasteiger partial charge in [0.05, 0.1) is 0 Å². The van der Waals surface area contributed by atoms with E-state index in [0.29, 0.717) is 0 Å². The van der Waals surface area contributed by atoms with Crippen LogP contribution in [-0.2, 0) is 4.74 Å². The van der Waals surface area contributed by atoms with Crippen LogP contribution in [0.2, 0.25) is 0 Å². The number of hydrogen-bond acceptors (Lipinski definition) is 5. The summed E-state index contributed by atoms with van der Waals surface area (Å²) in [5, 5.41) is 35.8. The topological polar surface area (TPSA) is 90.2 Å². The number of aliphatic hydroxyl groups is 4. The zero-order valence-electron chi connectivity index (χ0n) is 6.17. The Bertz CT molecular complexity index is 150. The molecule has 2 unspecified atom stereocenters. The number of aliphatic hydroxyl groups excluding tert-OH is 4. The maximum atomic E-state index is 12.0. The molecule has 6 heteroatoms. The highest BCUT2D eigenvalue weighted by Gasteiger charge is 2.42. The van der Waals surface area contributed by atoms with Crippen molar-refractivity contribution >= 4 is 0 Å². The first kappa shape index (κ1) is 9.82. The average Bonchev–Trinajstić information content (AvgIpc) is 2.08. The molecule has 0 aromatic rings. The van der Waals surface area contributed by atoms with E-state index in [2.05, 4.69) is 4.74 Å². The SMILES string of the molecule is OC1O[C@H](CF)[C@H](O)[C@H](O)C1O. The number of ether oxygens (including phenoxy) is 1. The van der Waals surface area contributed by atoms with Crippen molar-refractivity contribution in [3.8, 4) is 0 Å². The summed E-state index contributed by atoms with van der Waals surface area (Å²) in [6, 6.07) is 0. The average molecular weight is 182 g/mol. The molecule has 0 aromatic heterocycles. The second kappa shape index (κ2) is 3.63. The van der Waals surface area contributed by atoms with E-state index in [1.807, 2.05) is 0 Å². The lowest BCUT2D eigenvalue weighted by Crippen LogP contribution is -2.58. The van der Waals surface area contributed by atoms with Crippen molar-refractivity contribution in [2.24, 2.45) is 0 Å². The summed E-state index contributed by atoms with van der Waals surface area (Å²) in [7, 11) is 0. The molecule has 5 nitrogen and oxygen atoms in total. The van der Waals surface area contributed by atoms with Crippen molar-refractivity contribution < 1.29 is 29.6 Å². The molecular weight excluding hydrogens is 171 g/mol. The van der Waals surface area contributed by atoms with Crippen molar-refractivity contribution in [1.29, 1.82) is 0 Å². The minimum Gasteiger partial charge on any atom is -0.387 e. The number of halogens is 1. The van der Waals surface area contributed by atoms with Crippen LogP contribution in [0.4, 0.5) is 4.39 Å². The van der Waals surface area contributed by atoms with Gasteiger partial charge < -0.3 is 25.2 Å². The Labute approximate surface area is 68.0 Å². The van der Waals surface area contributed by atoms with Crippen LogP contribution in [0.15, 0.2) is 0 Å².